The Bertz CT molecular complexity index is 1580. The molecule has 268 valence electrons. The maximum Gasteiger partial charge on any atom is 0.294 e. The monoisotopic (exact) mass is 690 g/mol. The molecule has 0 aliphatic carbocycles. The predicted molar refractivity (Wildman–Crippen MR) is 185 cm³/mol. The number of hydrogen-bond donors (Lipinski definition) is 2. The highest BCUT2D eigenvalue weighted by molar-refractivity contribution is 5.79. The van der Waals surface area contributed by atoms with Crippen molar-refractivity contribution in [1.29, 1.82) is 0 Å². The number of rotatable bonds is 15. The molecule has 3 aliphatic rings. The quantitative estimate of drug-likeness (QED) is 0.137. The van der Waals surface area contributed by atoms with E-state index in [9.17, 15) is 20.0 Å². The van der Waals surface area contributed by atoms with Gasteiger partial charge in [0.2, 0.25) is 5.91 Å². The number of methoxy groups -OCH3 is 1. The number of fused-ring (bicyclic) bond motifs is 1. The summed E-state index contributed by atoms with van der Waals surface area (Å²) in [6.45, 7) is 5.22. The average Bonchev–Trinajstić information content (AvgIpc) is 3.63. The zero-order chi connectivity index (χ0) is 34.9. The number of hydrogen-bond acceptors (Lipinski definition) is 11. The molecule has 0 saturated carbocycles. The molecule has 6 rings (SSSR count). The smallest absolute Gasteiger partial charge is 0.294 e. The van der Waals surface area contributed by atoms with E-state index in [2.05, 4.69) is 21.1 Å². The molecular weight excluding hydrogens is 644 g/mol. The van der Waals surface area contributed by atoms with Crippen molar-refractivity contribution < 1.29 is 38.8 Å². The molecule has 0 spiro atoms. The Labute approximate surface area is 292 Å². The molecule has 0 bridgehead atoms. The maximum absolute atomic E-state index is 13.6. The highest BCUT2D eigenvalue weighted by Crippen LogP contribution is 2.35. The molecule has 4 atom stereocenters. The minimum absolute atomic E-state index is 0.0716. The van der Waals surface area contributed by atoms with Gasteiger partial charge in [0.1, 0.15) is 30.8 Å². The van der Waals surface area contributed by atoms with Crippen molar-refractivity contribution in [2.24, 2.45) is 0 Å². The second-order valence-electron chi connectivity index (χ2n) is 13.0. The lowest BCUT2D eigenvalue weighted by Gasteiger charge is -2.42. The number of nitrogens with zero attached hydrogens (tertiary/aromatic N) is 3. The molecule has 2 saturated heterocycles. The molecule has 3 aromatic rings. The molecule has 2 N–H and O–H groups in total. The van der Waals surface area contributed by atoms with Gasteiger partial charge in [0.15, 0.2) is 0 Å². The van der Waals surface area contributed by atoms with E-state index in [0.29, 0.717) is 24.3 Å². The van der Waals surface area contributed by atoms with Gasteiger partial charge in [-0.2, -0.15) is 0 Å². The Morgan fingerprint density at radius 2 is 1.88 bits per heavy atom. The standard InChI is InChI=1S/C37H46N4O9/c1-46-16-3-14-39-15-17-47-34-11-6-28(19-32(34)39)24-48-35-23-40(36(43)20-26-4-2-5-27(18-26)25-49-41(44)45)22-33(42)37(35)29-7-9-30(10-8-29)50-31-12-13-38-21-31/h2,4-11,18-19,31,33,35,37-38,42H,3,12-17,20-25H2,1H3. The number of amides is 1. The number of ether oxygens (including phenoxy) is 4. The summed E-state index contributed by atoms with van der Waals surface area (Å²) in [5.41, 5.74) is 4.19. The predicted octanol–water partition coefficient (Wildman–Crippen LogP) is 3.49. The van der Waals surface area contributed by atoms with Crippen molar-refractivity contribution in [2.75, 3.05) is 64.5 Å². The topological polar surface area (TPSA) is 145 Å². The van der Waals surface area contributed by atoms with Crippen LogP contribution >= 0.6 is 0 Å². The third-order valence-electron chi connectivity index (χ3n) is 9.47. The van der Waals surface area contributed by atoms with Crippen LogP contribution < -0.4 is 19.7 Å². The fraction of sp³-hybridized carbons (Fsp3) is 0.486. The van der Waals surface area contributed by atoms with Gasteiger partial charge in [-0.15, -0.1) is 10.1 Å². The van der Waals surface area contributed by atoms with Crippen LogP contribution in [0.4, 0.5) is 5.69 Å². The van der Waals surface area contributed by atoms with Crippen LogP contribution in [0.3, 0.4) is 0 Å². The van der Waals surface area contributed by atoms with E-state index in [1.54, 1.807) is 36.3 Å². The summed E-state index contributed by atoms with van der Waals surface area (Å²) in [4.78, 5) is 32.7. The van der Waals surface area contributed by atoms with Crippen LogP contribution in [0.1, 0.15) is 41.0 Å². The molecule has 13 heteroatoms. The summed E-state index contributed by atoms with van der Waals surface area (Å²) in [5, 5.41) is 24.7. The van der Waals surface area contributed by atoms with Gasteiger partial charge in [-0.05, 0) is 65.9 Å². The third kappa shape index (κ3) is 9.21. The van der Waals surface area contributed by atoms with E-state index < -0.39 is 17.3 Å². The van der Waals surface area contributed by atoms with Gasteiger partial charge in [0.25, 0.3) is 5.09 Å². The van der Waals surface area contributed by atoms with Gasteiger partial charge in [-0.1, -0.05) is 42.5 Å². The fourth-order valence-electron chi connectivity index (χ4n) is 6.97. The summed E-state index contributed by atoms with van der Waals surface area (Å²) in [6.07, 6.45) is 0.688. The molecule has 0 aromatic heterocycles. The van der Waals surface area contributed by atoms with Gasteiger partial charge in [-0.25, -0.2) is 0 Å². The maximum atomic E-state index is 13.6. The summed E-state index contributed by atoms with van der Waals surface area (Å²) >= 11 is 0. The van der Waals surface area contributed by atoms with Crippen molar-refractivity contribution in [3.05, 3.63) is 99.1 Å². The molecule has 3 aliphatic heterocycles. The lowest BCUT2D eigenvalue weighted by Crippen LogP contribution is -2.54. The van der Waals surface area contributed by atoms with Crippen molar-refractivity contribution in [2.45, 2.75) is 56.7 Å². The molecule has 2 fully saturated rings. The van der Waals surface area contributed by atoms with E-state index in [-0.39, 0.29) is 50.7 Å². The first kappa shape index (κ1) is 35.4. The summed E-state index contributed by atoms with van der Waals surface area (Å²) < 4.78 is 23.9. The van der Waals surface area contributed by atoms with E-state index in [4.69, 9.17) is 18.9 Å². The van der Waals surface area contributed by atoms with Gasteiger partial charge in [0, 0.05) is 45.8 Å². The Morgan fingerprint density at radius 3 is 2.66 bits per heavy atom. The van der Waals surface area contributed by atoms with Crippen LogP contribution in [0, 0.1) is 10.1 Å². The largest absolute Gasteiger partial charge is 0.490 e. The number of benzene rings is 3. The normalized spacial score (nSPS) is 21.7. The number of carbonyl (C=O) groups is 1. The van der Waals surface area contributed by atoms with E-state index >= 15 is 0 Å². The highest BCUT2D eigenvalue weighted by Gasteiger charge is 2.39. The second-order valence-corrected chi connectivity index (χ2v) is 13.0. The van der Waals surface area contributed by atoms with Gasteiger partial charge in [-0.3, -0.25) is 4.79 Å². The lowest BCUT2D eigenvalue weighted by molar-refractivity contribution is -0.763. The fourth-order valence-corrected chi connectivity index (χ4v) is 6.97. The number of carbonyl (C=O) groups excluding carboxylic acids is 1. The number of likely N-dealkylation sites (tertiary alicyclic amines) is 1. The SMILES string of the molecule is COCCCN1CCOc2ccc(COC3CN(C(=O)Cc4cccc(CO[N+](=O)[O-])c4)CC(O)C3c3ccc(OC4CCNC4)cc3)cc21. The molecule has 3 heterocycles. The van der Waals surface area contributed by atoms with Crippen LogP contribution in [0.15, 0.2) is 66.7 Å². The Morgan fingerprint density at radius 1 is 1.06 bits per heavy atom. The Kier molecular flexibility index (Phi) is 12.0. The summed E-state index contributed by atoms with van der Waals surface area (Å²) in [6, 6.07) is 20.9. The number of aliphatic hydroxyl groups is 1. The molecule has 0 radical (unpaired) electrons. The Balaban J connectivity index is 1.18. The van der Waals surface area contributed by atoms with Crippen LogP contribution in [-0.4, -0.2) is 98.9 Å². The number of piperidine rings is 1. The first-order chi connectivity index (χ1) is 24.4. The number of anilines is 1. The first-order valence-electron chi connectivity index (χ1n) is 17.3. The zero-order valence-electron chi connectivity index (χ0n) is 28.4. The Hall–Kier alpha value is -4.43. The third-order valence-corrected chi connectivity index (χ3v) is 9.47. The summed E-state index contributed by atoms with van der Waals surface area (Å²) in [5.74, 6) is 1.06. The lowest BCUT2D eigenvalue weighted by atomic mass is 9.84. The zero-order valence-corrected chi connectivity index (χ0v) is 28.4. The van der Waals surface area contributed by atoms with E-state index in [1.165, 1.54) is 0 Å². The van der Waals surface area contributed by atoms with Crippen molar-refractivity contribution in [3.63, 3.8) is 0 Å². The van der Waals surface area contributed by atoms with Gasteiger partial charge < -0.3 is 44.0 Å². The number of β-amino-alcohol motifs (C(OH)–C–C–N with tert-alkyl or cyclic N) is 1. The molecule has 1 amide bonds. The van der Waals surface area contributed by atoms with Crippen LogP contribution in [0.2, 0.25) is 0 Å². The minimum atomic E-state index is -0.878. The molecular formula is C37H46N4O9. The average molecular weight is 691 g/mol. The summed E-state index contributed by atoms with van der Waals surface area (Å²) in [7, 11) is 1.71. The second kappa shape index (κ2) is 17.0. The number of aliphatic hydroxyl groups excluding tert-OH is 1. The van der Waals surface area contributed by atoms with E-state index in [0.717, 1.165) is 67.3 Å². The molecule has 13 nitrogen and oxygen atoms in total. The highest BCUT2D eigenvalue weighted by atomic mass is 16.9. The van der Waals surface area contributed by atoms with Crippen molar-refractivity contribution in [1.82, 2.24) is 10.2 Å². The van der Waals surface area contributed by atoms with Crippen LogP contribution in [0.25, 0.3) is 0 Å². The van der Waals surface area contributed by atoms with Crippen molar-refractivity contribution >= 4 is 11.6 Å². The van der Waals surface area contributed by atoms with Crippen LogP contribution in [-0.2, 0) is 38.7 Å². The van der Waals surface area contributed by atoms with Gasteiger partial charge >= 0.3 is 0 Å². The number of nitrogens with one attached hydrogen (secondary N) is 1. The van der Waals surface area contributed by atoms with E-state index in [1.807, 2.05) is 36.4 Å². The van der Waals surface area contributed by atoms with Crippen LogP contribution in [0.5, 0.6) is 11.5 Å². The minimum Gasteiger partial charge on any atom is -0.490 e. The first-order valence-corrected chi connectivity index (χ1v) is 17.3. The molecule has 50 heavy (non-hydrogen) atoms. The van der Waals surface area contributed by atoms with Crippen molar-refractivity contribution in [3.8, 4) is 11.5 Å². The molecule has 4 unspecified atom stereocenters. The molecule has 3 aromatic carbocycles. The van der Waals surface area contributed by atoms with Gasteiger partial charge in [0.05, 0.1) is 37.5 Å².